The average molecular weight is 531 g/mol. The van der Waals surface area contributed by atoms with Gasteiger partial charge in [-0.1, -0.05) is 11.6 Å². The number of aromatic nitrogens is 3. The van der Waals surface area contributed by atoms with Crippen molar-refractivity contribution in [2.75, 3.05) is 13.1 Å². The maximum absolute atomic E-state index is 14.5. The second kappa shape index (κ2) is 10.0. The lowest BCUT2D eigenvalue weighted by Crippen LogP contribution is -2.22. The van der Waals surface area contributed by atoms with Crippen LogP contribution in [-0.4, -0.2) is 43.6 Å². The number of hydrogen-bond acceptors (Lipinski definition) is 5. The molecule has 4 aromatic rings. The molecule has 11 heteroatoms. The highest BCUT2D eigenvalue weighted by Crippen LogP contribution is 2.29. The number of carbonyl (C=O) groups is 1. The number of carboxylic acid groups (broad SMARTS) is 1. The molecule has 1 unspecified atom stereocenters. The number of aromatic carboxylic acids is 1. The van der Waals surface area contributed by atoms with Gasteiger partial charge in [-0.05, 0) is 55.4 Å². The number of imidazole rings is 1. The summed E-state index contributed by atoms with van der Waals surface area (Å²) in [6.45, 7) is 1.53. The van der Waals surface area contributed by atoms with E-state index in [1.165, 1.54) is 24.3 Å². The number of benzene rings is 2. The zero-order valence-corrected chi connectivity index (χ0v) is 20.5. The largest absolute Gasteiger partial charge is 0.484 e. The van der Waals surface area contributed by atoms with Gasteiger partial charge >= 0.3 is 5.97 Å². The van der Waals surface area contributed by atoms with Crippen LogP contribution in [0.3, 0.4) is 0 Å². The van der Waals surface area contributed by atoms with E-state index in [4.69, 9.17) is 16.3 Å². The Morgan fingerprint density at radius 1 is 1.11 bits per heavy atom. The summed E-state index contributed by atoms with van der Waals surface area (Å²) in [5.74, 6) is -2.50. The molecule has 0 saturated carbocycles. The number of carboxylic acids is 1. The van der Waals surface area contributed by atoms with Crippen molar-refractivity contribution in [3.05, 3.63) is 87.7 Å². The summed E-state index contributed by atoms with van der Waals surface area (Å²) in [5, 5.41) is 9.45. The molecule has 192 valence electrons. The normalized spacial score (nSPS) is 16.0. The van der Waals surface area contributed by atoms with Crippen LogP contribution in [0.1, 0.15) is 39.9 Å². The van der Waals surface area contributed by atoms with Gasteiger partial charge in [-0.3, -0.25) is 9.88 Å². The van der Waals surface area contributed by atoms with Gasteiger partial charge in [0.15, 0.2) is 17.4 Å². The molecule has 7 nitrogen and oxygen atoms in total. The summed E-state index contributed by atoms with van der Waals surface area (Å²) in [6, 6.07) is 9.32. The maximum Gasteiger partial charge on any atom is 0.335 e. The third-order valence-corrected chi connectivity index (χ3v) is 6.77. The summed E-state index contributed by atoms with van der Waals surface area (Å²) in [7, 11) is 1.72. The van der Waals surface area contributed by atoms with Crippen LogP contribution >= 0.6 is 11.6 Å². The Hall–Kier alpha value is -3.63. The third kappa shape index (κ3) is 5.12. The number of halogens is 4. The van der Waals surface area contributed by atoms with Crippen molar-refractivity contribution >= 4 is 28.6 Å². The summed E-state index contributed by atoms with van der Waals surface area (Å²) in [5.41, 5.74) is 1.17. The Bertz CT molecular complexity index is 1510. The fraction of sp³-hybridized carbons (Fsp3) is 0.269. The molecule has 1 fully saturated rings. The molecule has 1 aliphatic heterocycles. The van der Waals surface area contributed by atoms with Gasteiger partial charge in [0.1, 0.15) is 29.5 Å². The highest BCUT2D eigenvalue weighted by Gasteiger charge is 2.27. The SMILES string of the molecule is Cn1c(CN2CCC(c3ccc(F)c(COc4ccc(Cl)cc4F)n3)C2)nc2c(F)cc(C(=O)O)cc21. The molecule has 1 saturated heterocycles. The Morgan fingerprint density at radius 3 is 2.68 bits per heavy atom. The third-order valence-electron chi connectivity index (χ3n) is 6.53. The lowest BCUT2D eigenvalue weighted by Gasteiger charge is -2.16. The van der Waals surface area contributed by atoms with Crippen molar-refractivity contribution in [2.45, 2.75) is 25.5 Å². The van der Waals surface area contributed by atoms with Gasteiger partial charge in [-0.15, -0.1) is 0 Å². The molecule has 1 aliphatic rings. The van der Waals surface area contributed by atoms with Gasteiger partial charge in [0, 0.05) is 30.2 Å². The zero-order chi connectivity index (χ0) is 26.3. The highest BCUT2D eigenvalue weighted by molar-refractivity contribution is 6.30. The van der Waals surface area contributed by atoms with Crippen molar-refractivity contribution < 1.29 is 27.8 Å². The standard InChI is InChI=1S/C26H22ClF3N4O3/c1-33-22-9-15(26(35)36)8-19(30)25(22)32-24(33)12-34-7-6-14(11-34)20-4-3-17(28)21(31-20)13-37-23-5-2-16(27)10-18(23)29/h2-5,8-10,14H,6-7,11-13H2,1H3,(H,35,36). The van der Waals surface area contributed by atoms with Gasteiger partial charge in [-0.2, -0.15) is 0 Å². The predicted molar refractivity (Wildman–Crippen MR) is 130 cm³/mol. The Morgan fingerprint density at radius 2 is 1.92 bits per heavy atom. The highest BCUT2D eigenvalue weighted by atomic mass is 35.5. The minimum atomic E-state index is -1.21. The van der Waals surface area contributed by atoms with Crippen molar-refractivity contribution in [3.8, 4) is 5.75 Å². The number of ether oxygens (including phenoxy) is 1. The second-order valence-corrected chi connectivity index (χ2v) is 9.40. The number of pyridine rings is 1. The van der Waals surface area contributed by atoms with Gasteiger partial charge in [0.05, 0.1) is 17.6 Å². The topological polar surface area (TPSA) is 80.5 Å². The van der Waals surface area contributed by atoms with E-state index in [2.05, 4.69) is 14.9 Å². The Kier molecular flexibility index (Phi) is 6.78. The van der Waals surface area contributed by atoms with E-state index < -0.39 is 23.4 Å². The van der Waals surface area contributed by atoms with Gasteiger partial charge in [0.25, 0.3) is 0 Å². The summed E-state index contributed by atoms with van der Waals surface area (Å²) in [4.78, 5) is 22.3. The fourth-order valence-electron chi connectivity index (χ4n) is 4.54. The van der Waals surface area contributed by atoms with Crippen LogP contribution in [0.4, 0.5) is 13.2 Å². The van der Waals surface area contributed by atoms with E-state index >= 15 is 0 Å². The average Bonchev–Trinajstić information content (AvgIpc) is 3.45. The summed E-state index contributed by atoms with van der Waals surface area (Å²) >= 11 is 5.75. The quantitative estimate of drug-likeness (QED) is 0.349. The first-order chi connectivity index (χ1) is 17.7. The monoisotopic (exact) mass is 530 g/mol. The number of aryl methyl sites for hydroxylation is 1. The van der Waals surface area contributed by atoms with Crippen LogP contribution in [0.15, 0.2) is 42.5 Å². The summed E-state index contributed by atoms with van der Waals surface area (Å²) in [6.07, 6.45) is 0.770. The van der Waals surface area contributed by atoms with Crippen molar-refractivity contribution in [3.63, 3.8) is 0 Å². The smallest absolute Gasteiger partial charge is 0.335 e. The van der Waals surface area contributed by atoms with Crippen LogP contribution in [0.2, 0.25) is 5.02 Å². The van der Waals surface area contributed by atoms with Gasteiger partial charge in [-0.25, -0.2) is 22.9 Å². The second-order valence-electron chi connectivity index (χ2n) is 8.97. The van der Waals surface area contributed by atoms with Gasteiger partial charge in [0.2, 0.25) is 0 Å². The van der Waals surface area contributed by atoms with Crippen molar-refractivity contribution in [1.82, 2.24) is 19.4 Å². The van der Waals surface area contributed by atoms with E-state index in [1.54, 1.807) is 17.7 Å². The molecule has 3 heterocycles. The molecular weight excluding hydrogens is 509 g/mol. The molecule has 5 rings (SSSR count). The molecule has 0 bridgehead atoms. The molecule has 37 heavy (non-hydrogen) atoms. The van der Waals surface area contributed by atoms with E-state index in [0.717, 1.165) is 25.1 Å². The number of fused-ring (bicyclic) bond motifs is 1. The van der Waals surface area contributed by atoms with Crippen LogP contribution in [0.25, 0.3) is 11.0 Å². The number of hydrogen-bond donors (Lipinski definition) is 1. The molecule has 0 spiro atoms. The zero-order valence-electron chi connectivity index (χ0n) is 19.7. The molecule has 2 aromatic carbocycles. The molecular formula is C26H22ClF3N4O3. The molecule has 0 radical (unpaired) electrons. The first-order valence-corrected chi connectivity index (χ1v) is 11.9. The number of likely N-dealkylation sites (tertiary alicyclic amines) is 1. The fourth-order valence-corrected chi connectivity index (χ4v) is 4.70. The van der Waals surface area contributed by atoms with E-state index in [1.807, 2.05) is 0 Å². The molecule has 2 aromatic heterocycles. The first-order valence-electron chi connectivity index (χ1n) is 11.5. The Balaban J connectivity index is 1.28. The molecule has 0 aliphatic carbocycles. The lowest BCUT2D eigenvalue weighted by atomic mass is 10.0. The number of rotatable bonds is 7. The first kappa shape index (κ1) is 25.0. The Labute approximate surface area is 215 Å². The van der Waals surface area contributed by atoms with Crippen LogP contribution in [-0.2, 0) is 20.2 Å². The lowest BCUT2D eigenvalue weighted by molar-refractivity contribution is 0.0696. The molecule has 1 N–H and O–H groups in total. The molecule has 0 amide bonds. The van der Waals surface area contributed by atoms with Crippen LogP contribution in [0.5, 0.6) is 5.75 Å². The summed E-state index contributed by atoms with van der Waals surface area (Å²) < 4.78 is 50.0. The van der Waals surface area contributed by atoms with Crippen LogP contribution in [0, 0.1) is 17.5 Å². The van der Waals surface area contributed by atoms with Gasteiger partial charge < -0.3 is 14.4 Å². The van der Waals surface area contributed by atoms with E-state index in [0.29, 0.717) is 30.1 Å². The maximum atomic E-state index is 14.5. The van der Waals surface area contributed by atoms with E-state index in [9.17, 15) is 23.1 Å². The van der Waals surface area contributed by atoms with Crippen molar-refractivity contribution in [1.29, 1.82) is 0 Å². The van der Waals surface area contributed by atoms with E-state index in [-0.39, 0.29) is 40.1 Å². The number of nitrogens with zero attached hydrogens (tertiary/aromatic N) is 4. The van der Waals surface area contributed by atoms with Crippen LogP contribution < -0.4 is 4.74 Å². The predicted octanol–water partition coefficient (Wildman–Crippen LogP) is 5.31. The minimum absolute atomic E-state index is 0.0247. The molecule has 1 atom stereocenters. The van der Waals surface area contributed by atoms with Crippen molar-refractivity contribution in [2.24, 2.45) is 7.05 Å². The minimum Gasteiger partial charge on any atom is -0.484 e.